The molecule has 1 aromatic heterocycles. The molecule has 0 spiro atoms. The SMILES string of the molecule is O=C(N[C@@H]1COC[C@H]1N1CCCC1)c1n[nH]c(=O)c2ccccc12. The van der Waals surface area contributed by atoms with E-state index in [1.165, 1.54) is 12.8 Å². The number of carbonyl (C=O) groups is 1. The van der Waals surface area contributed by atoms with Gasteiger partial charge in [-0.2, -0.15) is 5.10 Å². The van der Waals surface area contributed by atoms with Crippen molar-refractivity contribution in [2.45, 2.75) is 24.9 Å². The van der Waals surface area contributed by atoms with Gasteiger partial charge >= 0.3 is 0 Å². The first-order chi connectivity index (χ1) is 11.7. The molecule has 1 amide bonds. The molecule has 24 heavy (non-hydrogen) atoms. The molecule has 0 aliphatic carbocycles. The molecular weight excluding hydrogens is 308 g/mol. The molecule has 2 saturated heterocycles. The lowest BCUT2D eigenvalue weighted by molar-refractivity contribution is 0.0912. The van der Waals surface area contributed by atoms with Crippen LogP contribution in [-0.4, -0.2) is 59.4 Å². The average molecular weight is 328 g/mol. The lowest BCUT2D eigenvalue weighted by Gasteiger charge is -2.27. The Hall–Kier alpha value is -2.25. The van der Waals surface area contributed by atoms with Crippen molar-refractivity contribution in [2.75, 3.05) is 26.3 Å². The molecule has 2 aliphatic heterocycles. The fourth-order valence-electron chi connectivity index (χ4n) is 3.64. The van der Waals surface area contributed by atoms with E-state index < -0.39 is 0 Å². The van der Waals surface area contributed by atoms with Gasteiger partial charge in [0.05, 0.1) is 30.7 Å². The number of nitrogens with one attached hydrogen (secondary N) is 2. The van der Waals surface area contributed by atoms with E-state index in [-0.39, 0.29) is 29.2 Å². The molecule has 126 valence electrons. The Morgan fingerprint density at radius 1 is 1.21 bits per heavy atom. The van der Waals surface area contributed by atoms with Gasteiger partial charge in [0, 0.05) is 5.39 Å². The molecule has 3 heterocycles. The highest BCUT2D eigenvalue weighted by atomic mass is 16.5. The summed E-state index contributed by atoms with van der Waals surface area (Å²) in [7, 11) is 0. The van der Waals surface area contributed by atoms with E-state index in [1.54, 1.807) is 24.3 Å². The third kappa shape index (κ3) is 2.70. The number of amides is 1. The number of likely N-dealkylation sites (tertiary alicyclic amines) is 1. The summed E-state index contributed by atoms with van der Waals surface area (Å²) in [5.41, 5.74) is -0.0430. The number of carbonyl (C=O) groups excluding carboxylic acids is 1. The topological polar surface area (TPSA) is 87.3 Å². The van der Waals surface area contributed by atoms with Crippen LogP contribution >= 0.6 is 0 Å². The number of ether oxygens (including phenoxy) is 1. The van der Waals surface area contributed by atoms with Crippen LogP contribution in [-0.2, 0) is 4.74 Å². The van der Waals surface area contributed by atoms with Crippen molar-refractivity contribution in [3.05, 3.63) is 40.3 Å². The fraction of sp³-hybridized carbons (Fsp3) is 0.471. The quantitative estimate of drug-likeness (QED) is 0.857. The lowest BCUT2D eigenvalue weighted by atomic mass is 10.1. The number of fused-ring (bicyclic) bond motifs is 1. The van der Waals surface area contributed by atoms with E-state index in [9.17, 15) is 9.59 Å². The van der Waals surface area contributed by atoms with Crippen LogP contribution in [0.1, 0.15) is 23.3 Å². The Morgan fingerprint density at radius 3 is 2.75 bits per heavy atom. The summed E-state index contributed by atoms with van der Waals surface area (Å²) in [5.74, 6) is -0.276. The molecule has 0 bridgehead atoms. The van der Waals surface area contributed by atoms with Gasteiger partial charge < -0.3 is 10.1 Å². The van der Waals surface area contributed by atoms with Crippen molar-refractivity contribution in [1.29, 1.82) is 0 Å². The van der Waals surface area contributed by atoms with Gasteiger partial charge in [-0.05, 0) is 32.0 Å². The molecule has 1 aromatic carbocycles. The van der Waals surface area contributed by atoms with Gasteiger partial charge in [0.2, 0.25) is 0 Å². The molecule has 0 radical (unpaired) electrons. The molecule has 2 N–H and O–H groups in total. The lowest BCUT2D eigenvalue weighted by Crippen LogP contribution is -2.50. The zero-order chi connectivity index (χ0) is 16.5. The summed E-state index contributed by atoms with van der Waals surface area (Å²) < 4.78 is 5.59. The number of aromatic amines is 1. The van der Waals surface area contributed by atoms with Gasteiger partial charge in [0.1, 0.15) is 0 Å². The van der Waals surface area contributed by atoms with Crippen LogP contribution in [0.3, 0.4) is 0 Å². The Balaban J connectivity index is 1.58. The minimum atomic E-state index is -0.290. The van der Waals surface area contributed by atoms with Crippen LogP contribution in [0.2, 0.25) is 0 Å². The van der Waals surface area contributed by atoms with Crippen LogP contribution < -0.4 is 10.9 Å². The number of hydrogen-bond donors (Lipinski definition) is 2. The number of H-pyrrole nitrogens is 1. The second-order valence-electron chi connectivity index (χ2n) is 6.37. The molecule has 0 saturated carbocycles. The Labute approximate surface area is 139 Å². The van der Waals surface area contributed by atoms with E-state index >= 15 is 0 Å². The highest BCUT2D eigenvalue weighted by Gasteiger charge is 2.35. The average Bonchev–Trinajstić information content (AvgIpc) is 3.26. The second-order valence-corrected chi connectivity index (χ2v) is 6.37. The molecule has 7 nitrogen and oxygen atoms in total. The molecule has 7 heteroatoms. The molecule has 4 rings (SSSR count). The zero-order valence-corrected chi connectivity index (χ0v) is 13.3. The van der Waals surface area contributed by atoms with Crippen LogP contribution in [0, 0.1) is 0 Å². The molecule has 0 unspecified atom stereocenters. The third-order valence-corrected chi connectivity index (χ3v) is 4.89. The zero-order valence-electron chi connectivity index (χ0n) is 13.3. The number of hydrogen-bond acceptors (Lipinski definition) is 5. The van der Waals surface area contributed by atoms with Gasteiger partial charge in [-0.25, -0.2) is 5.10 Å². The first-order valence-corrected chi connectivity index (χ1v) is 8.34. The summed E-state index contributed by atoms with van der Waals surface area (Å²) in [4.78, 5) is 26.9. The Bertz CT molecular complexity index is 813. The van der Waals surface area contributed by atoms with Crippen molar-refractivity contribution >= 4 is 16.7 Å². The maximum atomic E-state index is 12.7. The highest BCUT2D eigenvalue weighted by molar-refractivity contribution is 6.04. The van der Waals surface area contributed by atoms with Gasteiger partial charge in [0.15, 0.2) is 5.69 Å². The number of benzene rings is 1. The predicted molar refractivity (Wildman–Crippen MR) is 89.0 cm³/mol. The normalized spacial score (nSPS) is 24.5. The molecule has 2 aromatic rings. The van der Waals surface area contributed by atoms with Gasteiger partial charge in [-0.15, -0.1) is 0 Å². The minimum Gasteiger partial charge on any atom is -0.378 e. The molecule has 2 fully saturated rings. The van der Waals surface area contributed by atoms with Crippen LogP contribution in [0.15, 0.2) is 29.1 Å². The van der Waals surface area contributed by atoms with Crippen molar-refractivity contribution in [3.63, 3.8) is 0 Å². The predicted octanol–water partition coefficient (Wildman–Crippen LogP) is 0.516. The van der Waals surface area contributed by atoms with E-state index in [0.717, 1.165) is 13.1 Å². The first-order valence-electron chi connectivity index (χ1n) is 8.34. The largest absolute Gasteiger partial charge is 0.378 e. The van der Waals surface area contributed by atoms with Crippen molar-refractivity contribution in [2.24, 2.45) is 0 Å². The maximum Gasteiger partial charge on any atom is 0.272 e. The standard InChI is InChI=1S/C17H20N4O3/c22-16-12-6-2-1-5-11(12)15(19-20-16)17(23)18-13-9-24-10-14(13)21-7-3-4-8-21/h1-2,5-6,13-14H,3-4,7-10H2,(H,18,23)(H,20,22)/t13-,14-/m1/s1. The van der Waals surface area contributed by atoms with E-state index in [0.29, 0.717) is 24.0 Å². The summed E-state index contributed by atoms with van der Waals surface area (Å²) in [6.45, 7) is 3.26. The Morgan fingerprint density at radius 2 is 1.96 bits per heavy atom. The summed E-state index contributed by atoms with van der Waals surface area (Å²) in [6.07, 6.45) is 2.40. The number of rotatable bonds is 3. The van der Waals surface area contributed by atoms with Crippen LogP contribution in [0.25, 0.3) is 10.8 Å². The van der Waals surface area contributed by atoms with Crippen LogP contribution in [0.5, 0.6) is 0 Å². The number of aromatic nitrogens is 2. The van der Waals surface area contributed by atoms with Crippen molar-refractivity contribution in [1.82, 2.24) is 20.4 Å². The smallest absolute Gasteiger partial charge is 0.272 e. The summed E-state index contributed by atoms with van der Waals surface area (Å²) in [5, 5.41) is 10.5. The van der Waals surface area contributed by atoms with Gasteiger partial charge in [-0.3, -0.25) is 14.5 Å². The maximum absolute atomic E-state index is 12.7. The van der Waals surface area contributed by atoms with E-state index in [4.69, 9.17) is 4.74 Å². The monoisotopic (exact) mass is 328 g/mol. The number of nitrogens with zero attached hydrogens (tertiary/aromatic N) is 2. The summed E-state index contributed by atoms with van der Waals surface area (Å²) >= 11 is 0. The third-order valence-electron chi connectivity index (χ3n) is 4.89. The summed E-state index contributed by atoms with van der Waals surface area (Å²) in [6, 6.07) is 7.17. The highest BCUT2D eigenvalue weighted by Crippen LogP contribution is 2.20. The first kappa shape index (κ1) is 15.3. The van der Waals surface area contributed by atoms with Gasteiger partial charge in [0.25, 0.3) is 11.5 Å². The van der Waals surface area contributed by atoms with Crippen molar-refractivity contribution in [3.8, 4) is 0 Å². The fourth-order valence-corrected chi connectivity index (χ4v) is 3.64. The Kier molecular flexibility index (Phi) is 4.03. The minimum absolute atomic E-state index is 0.0527. The van der Waals surface area contributed by atoms with E-state index in [2.05, 4.69) is 20.4 Å². The van der Waals surface area contributed by atoms with E-state index in [1.807, 2.05) is 0 Å². The molecular formula is C17H20N4O3. The molecule has 2 atom stereocenters. The van der Waals surface area contributed by atoms with Gasteiger partial charge in [-0.1, -0.05) is 18.2 Å². The second kappa shape index (κ2) is 6.33. The van der Waals surface area contributed by atoms with Crippen molar-refractivity contribution < 1.29 is 9.53 Å². The van der Waals surface area contributed by atoms with Crippen LogP contribution in [0.4, 0.5) is 0 Å². The molecule has 2 aliphatic rings.